The van der Waals surface area contributed by atoms with Gasteiger partial charge >= 0.3 is 0 Å². The van der Waals surface area contributed by atoms with Crippen LogP contribution in [0.25, 0.3) is 0 Å². The number of carbonyl (C=O) groups is 1. The van der Waals surface area contributed by atoms with E-state index in [9.17, 15) is 0 Å². The predicted molar refractivity (Wildman–Crippen MR) is 58.6 cm³/mol. The molecule has 2 heteroatoms. The van der Waals surface area contributed by atoms with Crippen LogP contribution in [0.1, 0.15) is 37.8 Å². The molecule has 0 amide bonds. The second kappa shape index (κ2) is 6.19. The molecule has 0 fully saturated rings. The Balaban J connectivity index is 0.000000364. The summed E-state index contributed by atoms with van der Waals surface area (Å²) in [6, 6.07) is 8.71. The third-order valence-electron chi connectivity index (χ3n) is 1.74. The lowest BCUT2D eigenvalue weighted by Crippen LogP contribution is -1.85. The number of aliphatic carboxylic acids is 1. The van der Waals surface area contributed by atoms with Gasteiger partial charge in [0, 0.05) is 6.92 Å². The fourth-order valence-electron chi connectivity index (χ4n) is 0.951. The third kappa shape index (κ3) is 6.23. The SMILES string of the molecule is CC(=O)O.Cc1ccc(C(C)C)cc1. The molecule has 78 valence electrons. The molecule has 0 spiro atoms. The standard InChI is InChI=1S/C10H14.C2H4O2/c1-8(2)10-6-4-9(3)5-7-10;1-2(3)4/h4-8H,1-3H3;1H3,(H,3,4). The smallest absolute Gasteiger partial charge is 0.300 e. The van der Waals surface area contributed by atoms with E-state index in [1.165, 1.54) is 11.1 Å². The largest absolute Gasteiger partial charge is 0.481 e. The number of rotatable bonds is 1. The molecule has 0 aliphatic carbocycles. The van der Waals surface area contributed by atoms with Crippen LogP contribution in [0.5, 0.6) is 0 Å². The van der Waals surface area contributed by atoms with Crippen LogP contribution in [0, 0.1) is 6.92 Å². The van der Waals surface area contributed by atoms with Gasteiger partial charge in [0.05, 0.1) is 0 Å². The first-order chi connectivity index (χ1) is 6.43. The molecule has 0 saturated heterocycles. The van der Waals surface area contributed by atoms with Crippen molar-refractivity contribution in [1.82, 2.24) is 0 Å². The zero-order valence-electron chi connectivity index (χ0n) is 9.24. The van der Waals surface area contributed by atoms with Gasteiger partial charge in [-0.15, -0.1) is 0 Å². The number of carboxylic acids is 1. The summed E-state index contributed by atoms with van der Waals surface area (Å²) < 4.78 is 0. The highest BCUT2D eigenvalue weighted by molar-refractivity contribution is 5.62. The highest BCUT2D eigenvalue weighted by Gasteiger charge is 1.95. The molecular formula is C12H18O2. The fourth-order valence-corrected chi connectivity index (χ4v) is 0.951. The first-order valence-corrected chi connectivity index (χ1v) is 4.69. The minimum Gasteiger partial charge on any atom is -0.481 e. The van der Waals surface area contributed by atoms with Gasteiger partial charge in [-0.3, -0.25) is 4.79 Å². The lowest BCUT2D eigenvalue weighted by atomic mass is 10.0. The lowest BCUT2D eigenvalue weighted by Gasteiger charge is -2.03. The number of hydrogen-bond donors (Lipinski definition) is 1. The van der Waals surface area contributed by atoms with Crippen molar-refractivity contribution < 1.29 is 9.90 Å². The van der Waals surface area contributed by atoms with E-state index in [0.29, 0.717) is 5.92 Å². The molecule has 0 aromatic heterocycles. The Morgan fingerprint density at radius 3 is 1.86 bits per heavy atom. The Morgan fingerprint density at radius 1 is 1.21 bits per heavy atom. The minimum atomic E-state index is -0.833. The molecule has 0 atom stereocenters. The van der Waals surface area contributed by atoms with E-state index in [0.717, 1.165) is 6.92 Å². The van der Waals surface area contributed by atoms with Gasteiger partial charge in [0.15, 0.2) is 0 Å². The highest BCUT2D eigenvalue weighted by atomic mass is 16.4. The first kappa shape index (κ1) is 12.7. The second-order valence-corrected chi connectivity index (χ2v) is 3.58. The van der Waals surface area contributed by atoms with Crippen LogP contribution < -0.4 is 0 Å². The minimum absolute atomic E-state index is 0.653. The van der Waals surface area contributed by atoms with E-state index in [1.54, 1.807) is 0 Å². The number of hydrogen-bond acceptors (Lipinski definition) is 1. The molecular weight excluding hydrogens is 176 g/mol. The molecule has 1 N–H and O–H groups in total. The van der Waals surface area contributed by atoms with Crippen molar-refractivity contribution in [2.45, 2.75) is 33.6 Å². The fraction of sp³-hybridized carbons (Fsp3) is 0.417. The molecule has 2 nitrogen and oxygen atoms in total. The number of carboxylic acid groups (broad SMARTS) is 1. The van der Waals surface area contributed by atoms with Crippen LogP contribution >= 0.6 is 0 Å². The van der Waals surface area contributed by atoms with Crippen LogP contribution in [-0.2, 0) is 4.79 Å². The van der Waals surface area contributed by atoms with Crippen molar-refractivity contribution in [3.05, 3.63) is 35.4 Å². The maximum absolute atomic E-state index is 9.00. The zero-order chi connectivity index (χ0) is 11.1. The van der Waals surface area contributed by atoms with Crippen molar-refractivity contribution in [3.63, 3.8) is 0 Å². The lowest BCUT2D eigenvalue weighted by molar-refractivity contribution is -0.134. The maximum Gasteiger partial charge on any atom is 0.300 e. The first-order valence-electron chi connectivity index (χ1n) is 4.69. The van der Waals surface area contributed by atoms with Gasteiger partial charge in [-0.1, -0.05) is 43.7 Å². The van der Waals surface area contributed by atoms with Gasteiger partial charge in [0.1, 0.15) is 0 Å². The molecule has 14 heavy (non-hydrogen) atoms. The summed E-state index contributed by atoms with van der Waals surface area (Å²) in [4.78, 5) is 9.00. The molecule has 0 unspecified atom stereocenters. The predicted octanol–water partition coefficient (Wildman–Crippen LogP) is 3.21. The van der Waals surface area contributed by atoms with Gasteiger partial charge in [0.2, 0.25) is 0 Å². The van der Waals surface area contributed by atoms with Gasteiger partial charge in [-0.05, 0) is 18.4 Å². The molecule has 0 radical (unpaired) electrons. The number of aryl methyl sites for hydroxylation is 1. The molecule has 1 aromatic rings. The average Bonchev–Trinajstić information content (AvgIpc) is 2.03. The molecule has 0 aliphatic heterocycles. The Morgan fingerprint density at radius 2 is 1.57 bits per heavy atom. The highest BCUT2D eigenvalue weighted by Crippen LogP contribution is 2.13. The van der Waals surface area contributed by atoms with Gasteiger partial charge in [0.25, 0.3) is 5.97 Å². The van der Waals surface area contributed by atoms with E-state index < -0.39 is 5.97 Å². The topological polar surface area (TPSA) is 37.3 Å². The normalized spacial score (nSPS) is 9.21. The van der Waals surface area contributed by atoms with Crippen LogP contribution in [0.4, 0.5) is 0 Å². The monoisotopic (exact) mass is 194 g/mol. The second-order valence-electron chi connectivity index (χ2n) is 3.58. The summed E-state index contributed by atoms with van der Waals surface area (Å²) in [6.45, 7) is 7.62. The molecule has 0 heterocycles. The van der Waals surface area contributed by atoms with E-state index >= 15 is 0 Å². The van der Waals surface area contributed by atoms with E-state index in [-0.39, 0.29) is 0 Å². The van der Waals surface area contributed by atoms with Crippen molar-refractivity contribution in [2.75, 3.05) is 0 Å². The quantitative estimate of drug-likeness (QED) is 0.745. The van der Waals surface area contributed by atoms with Crippen molar-refractivity contribution in [1.29, 1.82) is 0 Å². The summed E-state index contributed by atoms with van der Waals surface area (Å²) in [5.74, 6) is -0.180. The van der Waals surface area contributed by atoms with Crippen molar-refractivity contribution in [2.24, 2.45) is 0 Å². The average molecular weight is 194 g/mol. The van der Waals surface area contributed by atoms with E-state index in [2.05, 4.69) is 45.0 Å². The van der Waals surface area contributed by atoms with Gasteiger partial charge < -0.3 is 5.11 Å². The van der Waals surface area contributed by atoms with Crippen LogP contribution in [-0.4, -0.2) is 11.1 Å². The molecule has 0 aliphatic rings. The third-order valence-corrected chi connectivity index (χ3v) is 1.74. The summed E-state index contributed by atoms with van der Waals surface area (Å²) in [7, 11) is 0. The van der Waals surface area contributed by atoms with Crippen molar-refractivity contribution >= 4 is 5.97 Å². The summed E-state index contributed by atoms with van der Waals surface area (Å²) in [6.07, 6.45) is 0. The van der Waals surface area contributed by atoms with Crippen molar-refractivity contribution in [3.8, 4) is 0 Å². The maximum atomic E-state index is 9.00. The Kier molecular flexibility index (Phi) is 5.61. The van der Waals surface area contributed by atoms with Gasteiger partial charge in [-0.2, -0.15) is 0 Å². The molecule has 1 aromatic carbocycles. The van der Waals surface area contributed by atoms with E-state index in [1.807, 2.05) is 0 Å². The van der Waals surface area contributed by atoms with Crippen LogP contribution in [0.2, 0.25) is 0 Å². The number of benzene rings is 1. The van der Waals surface area contributed by atoms with Crippen LogP contribution in [0.15, 0.2) is 24.3 Å². The van der Waals surface area contributed by atoms with Gasteiger partial charge in [-0.25, -0.2) is 0 Å². The Labute approximate surface area is 85.6 Å². The van der Waals surface area contributed by atoms with Crippen LogP contribution in [0.3, 0.4) is 0 Å². The molecule has 0 bridgehead atoms. The summed E-state index contributed by atoms with van der Waals surface area (Å²) in [5.41, 5.74) is 2.76. The Bertz CT molecular complexity index is 269. The summed E-state index contributed by atoms with van der Waals surface area (Å²) >= 11 is 0. The zero-order valence-corrected chi connectivity index (χ0v) is 9.24. The molecule has 1 rings (SSSR count). The van der Waals surface area contributed by atoms with E-state index in [4.69, 9.17) is 9.90 Å². The Hall–Kier alpha value is -1.31. The summed E-state index contributed by atoms with van der Waals surface area (Å²) in [5, 5.41) is 7.42. The molecule has 0 saturated carbocycles.